The van der Waals surface area contributed by atoms with Gasteiger partial charge in [0.1, 0.15) is 5.75 Å². The van der Waals surface area contributed by atoms with Crippen LogP contribution in [0.3, 0.4) is 0 Å². The maximum absolute atomic E-state index is 12.0. The Labute approximate surface area is 130 Å². The normalized spacial score (nSPS) is 11.6. The van der Waals surface area contributed by atoms with E-state index in [-0.39, 0.29) is 12.1 Å². The van der Waals surface area contributed by atoms with Crippen LogP contribution in [0.25, 0.3) is 0 Å². The average Bonchev–Trinajstić information content (AvgIpc) is 2.51. The van der Waals surface area contributed by atoms with Crippen molar-refractivity contribution >= 4 is 11.7 Å². The first-order valence-corrected chi connectivity index (χ1v) is 7.32. The number of pyridine rings is 1. The summed E-state index contributed by atoms with van der Waals surface area (Å²) in [5.41, 5.74) is 2.53. The number of anilines is 1. The number of urea groups is 1. The molecule has 0 saturated carbocycles. The van der Waals surface area contributed by atoms with Crippen molar-refractivity contribution in [1.29, 1.82) is 0 Å². The van der Waals surface area contributed by atoms with Crippen LogP contribution in [-0.2, 0) is 0 Å². The zero-order chi connectivity index (χ0) is 15.9. The van der Waals surface area contributed by atoms with Crippen molar-refractivity contribution in [3.05, 3.63) is 53.9 Å². The number of benzene rings is 1. The first-order chi connectivity index (χ1) is 10.6. The van der Waals surface area contributed by atoms with Gasteiger partial charge in [0.2, 0.25) is 0 Å². The first-order valence-electron chi connectivity index (χ1n) is 7.32. The molecule has 5 heteroatoms. The molecular formula is C17H21N3O2. The molecular weight excluding hydrogens is 278 g/mol. The number of hydrogen-bond acceptors (Lipinski definition) is 3. The summed E-state index contributed by atoms with van der Waals surface area (Å²) >= 11 is 0. The number of ether oxygens (including phenoxy) is 1. The summed E-state index contributed by atoms with van der Waals surface area (Å²) in [7, 11) is 0. The third-order valence-corrected chi connectivity index (χ3v) is 3.21. The zero-order valence-corrected chi connectivity index (χ0v) is 13.1. The number of hydrogen-bond donors (Lipinski definition) is 2. The molecule has 2 aromatic rings. The third kappa shape index (κ3) is 4.22. The molecule has 1 aromatic heterocycles. The fourth-order valence-electron chi connectivity index (χ4n) is 2.11. The Morgan fingerprint density at radius 1 is 1.32 bits per heavy atom. The summed E-state index contributed by atoms with van der Waals surface area (Å²) < 4.78 is 5.48. The largest absolute Gasteiger partial charge is 0.494 e. The molecule has 1 atom stereocenters. The maximum atomic E-state index is 12.0. The van der Waals surface area contributed by atoms with Crippen LogP contribution in [0.1, 0.15) is 31.1 Å². The molecule has 22 heavy (non-hydrogen) atoms. The van der Waals surface area contributed by atoms with Crippen molar-refractivity contribution in [3.63, 3.8) is 0 Å². The maximum Gasteiger partial charge on any atom is 0.319 e. The van der Waals surface area contributed by atoms with Gasteiger partial charge in [0.15, 0.2) is 0 Å². The molecule has 0 unspecified atom stereocenters. The fraction of sp³-hybridized carbons (Fsp3) is 0.294. The number of rotatable bonds is 5. The van der Waals surface area contributed by atoms with Gasteiger partial charge < -0.3 is 15.4 Å². The van der Waals surface area contributed by atoms with Crippen molar-refractivity contribution in [2.24, 2.45) is 0 Å². The van der Waals surface area contributed by atoms with Crippen LogP contribution in [0.5, 0.6) is 5.75 Å². The van der Waals surface area contributed by atoms with E-state index in [1.807, 2.05) is 57.2 Å². The van der Waals surface area contributed by atoms with Crippen LogP contribution in [0.15, 0.2) is 42.6 Å². The Morgan fingerprint density at radius 3 is 2.77 bits per heavy atom. The first kappa shape index (κ1) is 15.8. The van der Waals surface area contributed by atoms with Crippen molar-refractivity contribution in [1.82, 2.24) is 10.3 Å². The number of aromatic nitrogens is 1. The van der Waals surface area contributed by atoms with E-state index in [9.17, 15) is 4.79 Å². The molecule has 116 valence electrons. The van der Waals surface area contributed by atoms with Crippen molar-refractivity contribution in [3.8, 4) is 5.75 Å². The molecule has 0 aliphatic rings. The number of carbonyl (C=O) groups is 1. The molecule has 0 spiro atoms. The summed E-state index contributed by atoms with van der Waals surface area (Å²) in [5, 5.41) is 5.68. The van der Waals surface area contributed by atoms with E-state index in [2.05, 4.69) is 15.6 Å². The quantitative estimate of drug-likeness (QED) is 0.885. The standard InChI is InChI=1S/C17H21N3O2/c1-4-22-16-9-8-14(11-12(16)2)20-17(21)19-13(3)15-7-5-6-10-18-15/h5-11,13H,4H2,1-3H3,(H2,19,20,21)/t13-/m1/s1. The minimum absolute atomic E-state index is 0.162. The molecule has 0 fully saturated rings. The fourth-order valence-corrected chi connectivity index (χ4v) is 2.11. The van der Waals surface area contributed by atoms with Gasteiger partial charge in [-0.05, 0) is 56.7 Å². The number of nitrogens with zero attached hydrogens (tertiary/aromatic N) is 1. The van der Waals surface area contributed by atoms with Gasteiger partial charge in [-0.3, -0.25) is 4.98 Å². The lowest BCUT2D eigenvalue weighted by Gasteiger charge is -2.15. The molecule has 0 aliphatic heterocycles. The molecule has 1 heterocycles. The molecule has 0 radical (unpaired) electrons. The van der Waals surface area contributed by atoms with E-state index >= 15 is 0 Å². The average molecular weight is 299 g/mol. The van der Waals surface area contributed by atoms with Gasteiger partial charge in [0.25, 0.3) is 0 Å². The van der Waals surface area contributed by atoms with E-state index in [0.717, 1.165) is 22.7 Å². The lowest BCUT2D eigenvalue weighted by Crippen LogP contribution is -2.31. The van der Waals surface area contributed by atoms with Crippen LogP contribution in [-0.4, -0.2) is 17.6 Å². The van der Waals surface area contributed by atoms with Gasteiger partial charge in [-0.1, -0.05) is 6.07 Å². The highest BCUT2D eigenvalue weighted by atomic mass is 16.5. The van der Waals surface area contributed by atoms with Crippen LogP contribution in [0.2, 0.25) is 0 Å². The lowest BCUT2D eigenvalue weighted by molar-refractivity contribution is 0.249. The summed E-state index contributed by atoms with van der Waals surface area (Å²) in [6.45, 7) is 6.41. The van der Waals surface area contributed by atoms with E-state index in [4.69, 9.17) is 4.74 Å². The Morgan fingerprint density at radius 2 is 2.14 bits per heavy atom. The highest BCUT2D eigenvalue weighted by molar-refractivity contribution is 5.89. The molecule has 2 rings (SSSR count). The van der Waals surface area contributed by atoms with Crippen molar-refractivity contribution in [2.75, 3.05) is 11.9 Å². The van der Waals surface area contributed by atoms with Gasteiger partial charge in [-0.15, -0.1) is 0 Å². The summed E-state index contributed by atoms with van der Waals surface area (Å²) in [6.07, 6.45) is 1.71. The smallest absolute Gasteiger partial charge is 0.319 e. The highest BCUT2D eigenvalue weighted by Crippen LogP contribution is 2.22. The van der Waals surface area contributed by atoms with Crippen molar-refractivity contribution < 1.29 is 9.53 Å². The van der Waals surface area contributed by atoms with E-state index in [1.54, 1.807) is 6.20 Å². The second-order valence-electron chi connectivity index (χ2n) is 4.99. The number of carbonyl (C=O) groups excluding carboxylic acids is 1. The minimum atomic E-state index is -0.262. The predicted molar refractivity (Wildman–Crippen MR) is 87.2 cm³/mol. The van der Waals surface area contributed by atoms with E-state index in [0.29, 0.717) is 6.61 Å². The molecule has 1 aromatic carbocycles. The summed E-state index contributed by atoms with van der Waals surface area (Å²) in [6, 6.07) is 10.8. The summed E-state index contributed by atoms with van der Waals surface area (Å²) in [5.74, 6) is 0.829. The Hall–Kier alpha value is -2.56. The number of aryl methyl sites for hydroxylation is 1. The molecule has 2 N–H and O–H groups in total. The minimum Gasteiger partial charge on any atom is -0.494 e. The monoisotopic (exact) mass is 299 g/mol. The Bertz CT molecular complexity index is 629. The van der Waals surface area contributed by atoms with Crippen LogP contribution >= 0.6 is 0 Å². The van der Waals surface area contributed by atoms with E-state index < -0.39 is 0 Å². The number of amides is 2. The molecule has 0 bridgehead atoms. The van der Waals surface area contributed by atoms with Gasteiger partial charge in [-0.2, -0.15) is 0 Å². The number of nitrogens with one attached hydrogen (secondary N) is 2. The second kappa shape index (κ2) is 7.45. The van der Waals surface area contributed by atoms with Gasteiger partial charge in [-0.25, -0.2) is 4.79 Å². The predicted octanol–water partition coefficient (Wildman–Crippen LogP) is 3.67. The molecule has 0 aliphatic carbocycles. The van der Waals surface area contributed by atoms with Gasteiger partial charge in [0.05, 0.1) is 18.3 Å². The molecule has 2 amide bonds. The lowest BCUT2D eigenvalue weighted by atomic mass is 10.2. The van der Waals surface area contributed by atoms with E-state index in [1.165, 1.54) is 0 Å². The van der Waals surface area contributed by atoms with Gasteiger partial charge >= 0.3 is 6.03 Å². The van der Waals surface area contributed by atoms with Crippen molar-refractivity contribution in [2.45, 2.75) is 26.8 Å². The van der Waals surface area contributed by atoms with Crippen LogP contribution in [0.4, 0.5) is 10.5 Å². The zero-order valence-electron chi connectivity index (χ0n) is 13.1. The Balaban J connectivity index is 1.96. The SMILES string of the molecule is CCOc1ccc(NC(=O)N[C@H](C)c2ccccn2)cc1C. The molecule has 0 saturated heterocycles. The third-order valence-electron chi connectivity index (χ3n) is 3.21. The van der Waals surface area contributed by atoms with Gasteiger partial charge in [0, 0.05) is 11.9 Å². The summed E-state index contributed by atoms with van der Waals surface area (Å²) in [4.78, 5) is 16.3. The highest BCUT2D eigenvalue weighted by Gasteiger charge is 2.10. The topological polar surface area (TPSA) is 63.2 Å². The van der Waals surface area contributed by atoms with Crippen LogP contribution in [0, 0.1) is 6.92 Å². The second-order valence-corrected chi connectivity index (χ2v) is 4.99. The van der Waals surface area contributed by atoms with Crippen LogP contribution < -0.4 is 15.4 Å². The Kier molecular flexibility index (Phi) is 5.36. The molecule has 5 nitrogen and oxygen atoms in total.